The van der Waals surface area contributed by atoms with Gasteiger partial charge in [0.25, 0.3) is 0 Å². The summed E-state index contributed by atoms with van der Waals surface area (Å²) >= 11 is 0. The van der Waals surface area contributed by atoms with E-state index in [4.69, 9.17) is 14.2 Å². The Kier molecular flexibility index (Phi) is 7.88. The van der Waals surface area contributed by atoms with E-state index in [1.54, 1.807) is 49.6 Å². The van der Waals surface area contributed by atoms with E-state index in [9.17, 15) is 13.5 Å². The zero-order valence-corrected chi connectivity index (χ0v) is 19.1. The molecule has 4 atom stereocenters. The molecule has 1 aliphatic rings. The zero-order valence-electron chi connectivity index (χ0n) is 18.3. The molecular formula is C24H32O6S. The third-order valence-corrected chi connectivity index (χ3v) is 7.94. The topological polar surface area (TPSA) is 82.1 Å². The van der Waals surface area contributed by atoms with Crippen molar-refractivity contribution in [2.75, 3.05) is 13.7 Å². The highest BCUT2D eigenvalue weighted by Gasteiger charge is 2.39. The lowest BCUT2D eigenvalue weighted by Crippen LogP contribution is -2.34. The molecule has 2 aromatic rings. The average Bonchev–Trinajstić information content (AvgIpc) is 3.13. The summed E-state index contributed by atoms with van der Waals surface area (Å²) in [5.74, 6) is -0.680. The molecule has 170 valence electrons. The molecule has 0 aromatic heterocycles. The summed E-state index contributed by atoms with van der Waals surface area (Å²) in [6.45, 7) is 4.09. The van der Waals surface area contributed by atoms with Crippen LogP contribution in [0.1, 0.15) is 44.8 Å². The summed E-state index contributed by atoms with van der Waals surface area (Å²) in [5, 5.41) is 10.00. The minimum absolute atomic E-state index is 0.102. The van der Waals surface area contributed by atoms with Gasteiger partial charge >= 0.3 is 0 Å². The van der Waals surface area contributed by atoms with Crippen molar-refractivity contribution >= 4 is 9.84 Å². The van der Waals surface area contributed by atoms with Gasteiger partial charge in [-0.3, -0.25) is 0 Å². The van der Waals surface area contributed by atoms with Crippen LogP contribution in [0.5, 0.6) is 0 Å². The van der Waals surface area contributed by atoms with Gasteiger partial charge in [0.2, 0.25) is 0 Å². The lowest BCUT2D eigenvalue weighted by molar-refractivity contribution is -0.154. The second-order valence-electron chi connectivity index (χ2n) is 8.36. The first-order valence-corrected chi connectivity index (χ1v) is 12.1. The van der Waals surface area contributed by atoms with E-state index < -0.39 is 27.0 Å². The summed E-state index contributed by atoms with van der Waals surface area (Å²) in [6.07, 6.45) is -0.539. The Hall–Kier alpha value is -1.77. The molecule has 1 aliphatic heterocycles. The number of aliphatic hydroxyl groups is 1. The summed E-state index contributed by atoms with van der Waals surface area (Å²) in [5.41, 5.74) is 0.702. The SMILES string of the molecule is CO[C@@H](CCC(C[C@H](O)c1ccccc1)S(=O)(=O)c1ccccc1)[C@H]1COC(C)(C)O1. The van der Waals surface area contributed by atoms with Gasteiger partial charge in [-0.25, -0.2) is 8.42 Å². The maximum atomic E-state index is 13.4. The van der Waals surface area contributed by atoms with Crippen molar-refractivity contribution in [1.29, 1.82) is 0 Å². The fraction of sp³-hybridized carbons (Fsp3) is 0.500. The Morgan fingerprint density at radius 1 is 1.06 bits per heavy atom. The number of hydrogen-bond acceptors (Lipinski definition) is 6. The highest BCUT2D eigenvalue weighted by atomic mass is 32.2. The standard InChI is InChI=1S/C24H32O6S/c1-24(2)29-17-23(30-24)22(28-3)15-14-20(16-21(25)18-10-6-4-7-11-18)31(26,27)19-12-8-5-9-13-19/h4-13,20-23,25H,14-17H2,1-3H3/t20?,21-,22-,23+/m0/s1. The van der Waals surface area contributed by atoms with Crippen LogP contribution >= 0.6 is 0 Å². The van der Waals surface area contributed by atoms with Crippen LogP contribution < -0.4 is 0 Å². The Labute approximate surface area is 185 Å². The highest BCUT2D eigenvalue weighted by molar-refractivity contribution is 7.92. The maximum absolute atomic E-state index is 13.4. The van der Waals surface area contributed by atoms with E-state index in [1.165, 1.54) is 0 Å². The Morgan fingerprint density at radius 2 is 1.68 bits per heavy atom. The highest BCUT2D eigenvalue weighted by Crippen LogP contribution is 2.31. The van der Waals surface area contributed by atoms with Crippen LogP contribution in [0.25, 0.3) is 0 Å². The van der Waals surface area contributed by atoms with Gasteiger partial charge in [-0.05, 0) is 50.8 Å². The van der Waals surface area contributed by atoms with Crippen LogP contribution in [-0.4, -0.2) is 50.5 Å². The van der Waals surface area contributed by atoms with Crippen molar-refractivity contribution in [1.82, 2.24) is 0 Å². The molecule has 7 heteroatoms. The molecule has 1 unspecified atom stereocenters. The molecule has 0 radical (unpaired) electrons. The van der Waals surface area contributed by atoms with Crippen LogP contribution in [0, 0.1) is 0 Å². The van der Waals surface area contributed by atoms with E-state index in [0.29, 0.717) is 25.0 Å². The van der Waals surface area contributed by atoms with Crippen LogP contribution in [0.4, 0.5) is 0 Å². The molecule has 0 amide bonds. The van der Waals surface area contributed by atoms with Gasteiger partial charge in [0.15, 0.2) is 15.6 Å². The third kappa shape index (κ3) is 6.14. The van der Waals surface area contributed by atoms with Crippen molar-refractivity contribution in [2.24, 2.45) is 0 Å². The van der Waals surface area contributed by atoms with E-state index >= 15 is 0 Å². The summed E-state index contributed by atoms with van der Waals surface area (Å²) < 4.78 is 44.0. The number of rotatable bonds is 10. The van der Waals surface area contributed by atoms with Gasteiger partial charge in [-0.1, -0.05) is 48.5 Å². The van der Waals surface area contributed by atoms with Gasteiger partial charge in [0, 0.05) is 7.11 Å². The smallest absolute Gasteiger partial charge is 0.181 e. The summed E-state index contributed by atoms with van der Waals surface area (Å²) in [4.78, 5) is 0.260. The number of methoxy groups -OCH3 is 1. The van der Waals surface area contributed by atoms with Crippen LogP contribution in [0.15, 0.2) is 65.6 Å². The number of benzene rings is 2. The Bertz CT molecular complexity index is 914. The van der Waals surface area contributed by atoms with Crippen LogP contribution in [0.3, 0.4) is 0 Å². The van der Waals surface area contributed by atoms with Crippen molar-refractivity contribution < 1.29 is 27.7 Å². The second kappa shape index (κ2) is 10.2. The normalized spacial score (nSPS) is 21.5. The first kappa shape index (κ1) is 23.9. The lowest BCUT2D eigenvalue weighted by Gasteiger charge is -2.26. The predicted molar refractivity (Wildman–Crippen MR) is 118 cm³/mol. The van der Waals surface area contributed by atoms with Crippen molar-refractivity contribution in [2.45, 2.75) is 67.4 Å². The molecule has 2 aromatic carbocycles. The van der Waals surface area contributed by atoms with Crippen LogP contribution in [-0.2, 0) is 24.0 Å². The summed E-state index contributed by atoms with van der Waals surface area (Å²) in [6, 6.07) is 17.5. The molecule has 1 saturated heterocycles. The van der Waals surface area contributed by atoms with Crippen molar-refractivity contribution in [3.8, 4) is 0 Å². The fourth-order valence-electron chi connectivity index (χ4n) is 3.97. The number of ether oxygens (including phenoxy) is 3. The van der Waals surface area contributed by atoms with E-state index in [0.717, 1.165) is 0 Å². The summed E-state index contributed by atoms with van der Waals surface area (Å²) in [7, 11) is -2.05. The molecule has 0 aliphatic carbocycles. The molecule has 0 saturated carbocycles. The molecule has 6 nitrogen and oxygen atoms in total. The third-order valence-electron chi connectivity index (χ3n) is 5.70. The molecule has 1 N–H and O–H groups in total. The van der Waals surface area contributed by atoms with Crippen molar-refractivity contribution in [3.63, 3.8) is 0 Å². The van der Waals surface area contributed by atoms with Gasteiger partial charge in [0.05, 0.1) is 29.0 Å². The Morgan fingerprint density at radius 3 is 2.23 bits per heavy atom. The quantitative estimate of drug-likeness (QED) is 0.594. The minimum Gasteiger partial charge on any atom is -0.388 e. The van der Waals surface area contributed by atoms with Crippen molar-refractivity contribution in [3.05, 3.63) is 66.2 Å². The average molecular weight is 449 g/mol. The van der Waals surface area contributed by atoms with Gasteiger partial charge < -0.3 is 19.3 Å². The van der Waals surface area contributed by atoms with Gasteiger partial charge in [0.1, 0.15) is 6.10 Å². The molecule has 3 rings (SSSR count). The van der Waals surface area contributed by atoms with E-state index in [2.05, 4.69) is 0 Å². The molecular weight excluding hydrogens is 416 g/mol. The molecule has 31 heavy (non-hydrogen) atoms. The lowest BCUT2D eigenvalue weighted by atomic mass is 10.0. The monoisotopic (exact) mass is 448 g/mol. The number of hydrogen-bond donors (Lipinski definition) is 1. The fourth-order valence-corrected chi connectivity index (χ4v) is 5.77. The molecule has 0 spiro atoms. The molecule has 1 heterocycles. The van der Waals surface area contributed by atoms with Gasteiger partial charge in [-0.2, -0.15) is 0 Å². The number of aliphatic hydroxyl groups excluding tert-OH is 1. The van der Waals surface area contributed by atoms with E-state index in [-0.39, 0.29) is 23.5 Å². The number of sulfone groups is 1. The maximum Gasteiger partial charge on any atom is 0.181 e. The Balaban J connectivity index is 1.78. The first-order chi connectivity index (χ1) is 14.7. The largest absolute Gasteiger partial charge is 0.388 e. The molecule has 0 bridgehead atoms. The first-order valence-electron chi connectivity index (χ1n) is 10.6. The van der Waals surface area contributed by atoms with Crippen LogP contribution in [0.2, 0.25) is 0 Å². The molecule has 1 fully saturated rings. The van der Waals surface area contributed by atoms with Gasteiger partial charge in [-0.15, -0.1) is 0 Å². The minimum atomic E-state index is -3.64. The van der Waals surface area contributed by atoms with E-state index in [1.807, 2.05) is 32.0 Å². The predicted octanol–water partition coefficient (Wildman–Crippen LogP) is 3.90. The zero-order chi connectivity index (χ0) is 22.5. The second-order valence-corrected chi connectivity index (χ2v) is 10.6.